The zero-order valence-corrected chi connectivity index (χ0v) is 16.9. The Morgan fingerprint density at radius 1 is 1.21 bits per heavy atom. The lowest BCUT2D eigenvalue weighted by Gasteiger charge is -2.12. The van der Waals surface area contributed by atoms with E-state index in [-0.39, 0.29) is 23.5 Å². The standard InChI is InChI=1S/C20H21N3O3S2/c24-20(21-10-8-15-5-2-1-3-6-15)17-13-18(19-7-4-11-27-19)23(22-17)16-9-12-28(25,26)14-16/h1-7,11,13,16H,8-10,12,14H2,(H,21,24). The van der Waals surface area contributed by atoms with E-state index in [1.807, 2.05) is 47.8 Å². The highest BCUT2D eigenvalue weighted by Crippen LogP contribution is 2.32. The van der Waals surface area contributed by atoms with Crippen LogP contribution < -0.4 is 5.32 Å². The maximum absolute atomic E-state index is 12.6. The Hall–Kier alpha value is -2.45. The van der Waals surface area contributed by atoms with Crippen molar-refractivity contribution in [2.45, 2.75) is 18.9 Å². The van der Waals surface area contributed by atoms with Crippen molar-refractivity contribution < 1.29 is 13.2 Å². The van der Waals surface area contributed by atoms with Gasteiger partial charge in [-0.2, -0.15) is 5.10 Å². The second-order valence-electron chi connectivity index (χ2n) is 6.89. The molecule has 1 N–H and O–H groups in total. The summed E-state index contributed by atoms with van der Waals surface area (Å²) in [4.78, 5) is 13.6. The van der Waals surface area contributed by atoms with Gasteiger partial charge in [0.2, 0.25) is 0 Å². The molecule has 1 aromatic carbocycles. The fraction of sp³-hybridized carbons (Fsp3) is 0.300. The van der Waals surface area contributed by atoms with Crippen LogP contribution in [0, 0.1) is 0 Å². The molecular weight excluding hydrogens is 394 g/mol. The van der Waals surface area contributed by atoms with E-state index in [0.29, 0.717) is 18.7 Å². The zero-order valence-electron chi connectivity index (χ0n) is 15.2. The number of carbonyl (C=O) groups is 1. The number of benzene rings is 1. The van der Waals surface area contributed by atoms with Gasteiger partial charge < -0.3 is 5.32 Å². The zero-order chi connectivity index (χ0) is 19.6. The summed E-state index contributed by atoms with van der Waals surface area (Å²) in [5.74, 6) is -0.00405. The van der Waals surface area contributed by atoms with E-state index in [4.69, 9.17) is 0 Å². The van der Waals surface area contributed by atoms with Crippen molar-refractivity contribution in [1.29, 1.82) is 0 Å². The van der Waals surface area contributed by atoms with Gasteiger partial charge in [0.05, 0.1) is 28.1 Å². The topological polar surface area (TPSA) is 81.1 Å². The number of aromatic nitrogens is 2. The Bertz CT molecular complexity index is 1060. The molecule has 0 bridgehead atoms. The molecule has 1 aliphatic heterocycles. The summed E-state index contributed by atoms with van der Waals surface area (Å²) >= 11 is 1.55. The molecule has 3 aromatic rings. The molecule has 1 aliphatic rings. The Labute approximate surface area is 168 Å². The lowest BCUT2D eigenvalue weighted by atomic mass is 10.1. The quantitative estimate of drug-likeness (QED) is 0.671. The summed E-state index contributed by atoms with van der Waals surface area (Å²) in [5.41, 5.74) is 2.27. The SMILES string of the molecule is O=C(NCCc1ccccc1)c1cc(-c2cccs2)n(C2CCS(=O)(=O)C2)n1. The summed E-state index contributed by atoms with van der Waals surface area (Å²) in [7, 11) is -3.04. The van der Waals surface area contributed by atoms with Crippen molar-refractivity contribution in [3.05, 3.63) is 65.2 Å². The molecule has 28 heavy (non-hydrogen) atoms. The van der Waals surface area contributed by atoms with Crippen molar-refractivity contribution in [3.8, 4) is 10.6 Å². The number of hydrogen-bond donors (Lipinski definition) is 1. The Morgan fingerprint density at radius 3 is 2.71 bits per heavy atom. The van der Waals surface area contributed by atoms with Gasteiger partial charge in [-0.25, -0.2) is 8.42 Å². The summed E-state index contributed by atoms with van der Waals surface area (Å²) in [6.45, 7) is 0.516. The van der Waals surface area contributed by atoms with E-state index in [0.717, 1.165) is 22.6 Å². The molecule has 6 nitrogen and oxygen atoms in total. The summed E-state index contributed by atoms with van der Waals surface area (Å²) in [5, 5.41) is 9.35. The van der Waals surface area contributed by atoms with Crippen LogP contribution in [-0.2, 0) is 16.3 Å². The van der Waals surface area contributed by atoms with E-state index in [9.17, 15) is 13.2 Å². The van der Waals surface area contributed by atoms with Crippen molar-refractivity contribution >= 4 is 27.1 Å². The first-order chi connectivity index (χ1) is 13.5. The lowest BCUT2D eigenvalue weighted by Crippen LogP contribution is -2.26. The number of sulfone groups is 1. The van der Waals surface area contributed by atoms with Gasteiger partial charge in [-0.05, 0) is 35.9 Å². The first-order valence-corrected chi connectivity index (χ1v) is 11.9. The summed E-state index contributed by atoms with van der Waals surface area (Å²) in [6, 6.07) is 15.4. The third-order valence-electron chi connectivity index (χ3n) is 4.84. The molecule has 3 heterocycles. The Morgan fingerprint density at radius 2 is 2.04 bits per heavy atom. The number of nitrogens with zero attached hydrogens (tertiary/aromatic N) is 2. The molecule has 0 radical (unpaired) electrons. The fourth-order valence-electron chi connectivity index (χ4n) is 3.42. The number of nitrogens with one attached hydrogen (secondary N) is 1. The van der Waals surface area contributed by atoms with Gasteiger partial charge in [0.1, 0.15) is 0 Å². The smallest absolute Gasteiger partial charge is 0.271 e. The largest absolute Gasteiger partial charge is 0.350 e. The maximum Gasteiger partial charge on any atom is 0.271 e. The average molecular weight is 416 g/mol. The molecule has 1 saturated heterocycles. The van der Waals surface area contributed by atoms with Gasteiger partial charge in [0.25, 0.3) is 5.91 Å². The number of carbonyl (C=O) groups excluding carboxylic acids is 1. The van der Waals surface area contributed by atoms with Crippen molar-refractivity contribution in [2.24, 2.45) is 0 Å². The van der Waals surface area contributed by atoms with Crippen LogP contribution in [-0.4, -0.2) is 42.2 Å². The minimum absolute atomic E-state index is 0.0715. The number of rotatable bonds is 6. The number of amides is 1. The molecule has 0 saturated carbocycles. The van der Waals surface area contributed by atoms with Crippen LogP contribution in [0.15, 0.2) is 53.9 Å². The Balaban J connectivity index is 1.52. The predicted octanol–water partition coefficient (Wildman–Crippen LogP) is 2.94. The maximum atomic E-state index is 12.6. The van der Waals surface area contributed by atoms with Gasteiger partial charge >= 0.3 is 0 Å². The molecule has 0 aliphatic carbocycles. The van der Waals surface area contributed by atoms with E-state index < -0.39 is 9.84 Å². The molecule has 1 atom stereocenters. The molecule has 8 heteroatoms. The second kappa shape index (κ2) is 7.89. The van der Waals surface area contributed by atoms with Gasteiger partial charge in [-0.1, -0.05) is 36.4 Å². The van der Waals surface area contributed by atoms with Crippen molar-refractivity contribution in [1.82, 2.24) is 15.1 Å². The molecule has 4 rings (SSSR count). The van der Waals surface area contributed by atoms with Crippen LogP contribution in [0.5, 0.6) is 0 Å². The van der Waals surface area contributed by atoms with Crippen molar-refractivity contribution in [2.75, 3.05) is 18.1 Å². The summed E-state index contributed by atoms with van der Waals surface area (Å²) in [6.07, 6.45) is 1.27. The third-order valence-corrected chi connectivity index (χ3v) is 7.48. The Kier molecular flexibility index (Phi) is 5.32. The van der Waals surface area contributed by atoms with Crippen LogP contribution >= 0.6 is 11.3 Å². The van der Waals surface area contributed by atoms with Crippen LogP contribution in [0.4, 0.5) is 0 Å². The number of thiophene rings is 1. The van der Waals surface area contributed by atoms with Crippen molar-refractivity contribution in [3.63, 3.8) is 0 Å². The first-order valence-electron chi connectivity index (χ1n) is 9.18. The van der Waals surface area contributed by atoms with E-state index in [1.54, 1.807) is 22.1 Å². The molecule has 146 valence electrons. The lowest BCUT2D eigenvalue weighted by molar-refractivity contribution is 0.0948. The highest BCUT2D eigenvalue weighted by molar-refractivity contribution is 7.91. The fourth-order valence-corrected chi connectivity index (χ4v) is 5.84. The minimum atomic E-state index is -3.04. The van der Waals surface area contributed by atoms with Gasteiger partial charge in [-0.15, -0.1) is 11.3 Å². The molecular formula is C20H21N3O3S2. The second-order valence-corrected chi connectivity index (χ2v) is 10.1. The van der Waals surface area contributed by atoms with Crippen LogP contribution in [0.25, 0.3) is 10.6 Å². The normalized spacial score (nSPS) is 18.2. The predicted molar refractivity (Wildman–Crippen MR) is 110 cm³/mol. The van der Waals surface area contributed by atoms with Crippen LogP contribution in [0.1, 0.15) is 28.5 Å². The number of hydrogen-bond acceptors (Lipinski definition) is 5. The molecule has 0 spiro atoms. The molecule has 1 fully saturated rings. The monoisotopic (exact) mass is 415 g/mol. The molecule has 1 unspecified atom stereocenters. The minimum Gasteiger partial charge on any atom is -0.350 e. The van der Waals surface area contributed by atoms with Gasteiger partial charge in [0, 0.05) is 6.54 Å². The van der Waals surface area contributed by atoms with E-state index in [2.05, 4.69) is 10.4 Å². The molecule has 2 aromatic heterocycles. The third kappa shape index (κ3) is 4.18. The average Bonchev–Trinajstić information content (AvgIpc) is 3.41. The molecule has 1 amide bonds. The first kappa shape index (κ1) is 18.9. The van der Waals surface area contributed by atoms with Crippen LogP contribution in [0.3, 0.4) is 0 Å². The van der Waals surface area contributed by atoms with Gasteiger partial charge in [-0.3, -0.25) is 9.48 Å². The summed E-state index contributed by atoms with van der Waals surface area (Å²) < 4.78 is 25.5. The highest BCUT2D eigenvalue weighted by Gasteiger charge is 2.32. The van der Waals surface area contributed by atoms with Gasteiger partial charge in [0.15, 0.2) is 15.5 Å². The van der Waals surface area contributed by atoms with E-state index in [1.165, 1.54) is 0 Å². The highest BCUT2D eigenvalue weighted by atomic mass is 32.2. The van der Waals surface area contributed by atoms with E-state index >= 15 is 0 Å². The van der Waals surface area contributed by atoms with Crippen LogP contribution in [0.2, 0.25) is 0 Å².